The Bertz CT molecular complexity index is 660. The van der Waals surface area contributed by atoms with Gasteiger partial charge in [0, 0.05) is 29.6 Å². The van der Waals surface area contributed by atoms with Crippen molar-refractivity contribution in [2.75, 3.05) is 0 Å². The number of rotatable bonds is 3. The minimum Gasteiger partial charge on any atom is -0.297 e. The number of halogens is 1. The molecule has 7 heteroatoms. The molecule has 2 aromatic rings. The lowest BCUT2D eigenvalue weighted by Gasteiger charge is -2.11. The summed E-state index contributed by atoms with van der Waals surface area (Å²) in [6, 6.07) is 0. The van der Waals surface area contributed by atoms with E-state index in [1.165, 1.54) is 11.3 Å². The van der Waals surface area contributed by atoms with Crippen molar-refractivity contribution in [1.82, 2.24) is 14.5 Å². The fourth-order valence-electron chi connectivity index (χ4n) is 1.64. The maximum absolute atomic E-state index is 12.0. The molecule has 0 aliphatic rings. The van der Waals surface area contributed by atoms with Crippen LogP contribution in [0.3, 0.4) is 0 Å². The van der Waals surface area contributed by atoms with E-state index in [4.69, 9.17) is 11.6 Å². The Balaban J connectivity index is 2.39. The monoisotopic (exact) mass is 285 g/mol. The molecule has 1 N–H and O–H groups in total. The minimum absolute atomic E-state index is 0.00405. The first-order chi connectivity index (χ1) is 8.50. The molecule has 0 amide bonds. The summed E-state index contributed by atoms with van der Waals surface area (Å²) in [4.78, 5) is 30.3. The maximum atomic E-state index is 12.0. The molecule has 2 rings (SSSR count). The van der Waals surface area contributed by atoms with Crippen molar-refractivity contribution >= 4 is 22.9 Å². The molecule has 0 spiro atoms. The maximum Gasteiger partial charge on any atom is 0.329 e. The molecule has 18 heavy (non-hydrogen) atoms. The van der Waals surface area contributed by atoms with Gasteiger partial charge in [-0.25, -0.2) is 9.78 Å². The molecule has 96 valence electrons. The van der Waals surface area contributed by atoms with Gasteiger partial charge in [0.25, 0.3) is 5.56 Å². The lowest BCUT2D eigenvalue weighted by Crippen LogP contribution is -2.37. The van der Waals surface area contributed by atoms with E-state index in [9.17, 15) is 9.59 Å². The third-order valence-corrected chi connectivity index (χ3v) is 4.07. The number of hydrogen-bond acceptors (Lipinski definition) is 4. The molecule has 0 saturated heterocycles. The van der Waals surface area contributed by atoms with Crippen LogP contribution in [0.25, 0.3) is 0 Å². The smallest absolute Gasteiger partial charge is 0.297 e. The van der Waals surface area contributed by atoms with Gasteiger partial charge in [0.05, 0.1) is 5.01 Å². The highest BCUT2D eigenvalue weighted by Gasteiger charge is 2.14. The molecule has 0 aliphatic heterocycles. The summed E-state index contributed by atoms with van der Waals surface area (Å²) in [5.74, 6) is 0.00405. The number of hydrogen-bond donors (Lipinski definition) is 1. The number of aromatic nitrogens is 3. The van der Waals surface area contributed by atoms with Gasteiger partial charge in [-0.2, -0.15) is 0 Å². The second kappa shape index (κ2) is 5.07. The van der Waals surface area contributed by atoms with Crippen molar-refractivity contribution in [2.24, 2.45) is 0 Å². The molecule has 2 aromatic heterocycles. The van der Waals surface area contributed by atoms with Crippen LogP contribution in [0.2, 0.25) is 5.15 Å². The topological polar surface area (TPSA) is 67.8 Å². The van der Waals surface area contributed by atoms with Crippen molar-refractivity contribution < 1.29 is 0 Å². The second-order valence-electron chi connectivity index (χ2n) is 4.06. The predicted octanol–water partition coefficient (Wildman–Crippen LogP) is 1.76. The minimum atomic E-state index is -0.487. The van der Waals surface area contributed by atoms with Crippen LogP contribution in [-0.4, -0.2) is 14.5 Å². The van der Waals surface area contributed by atoms with Crippen LogP contribution in [-0.2, 0) is 6.54 Å². The average Bonchev–Trinajstić information content (AvgIpc) is 2.85. The van der Waals surface area contributed by atoms with Crippen LogP contribution in [0.15, 0.2) is 21.2 Å². The zero-order valence-electron chi connectivity index (χ0n) is 9.94. The summed E-state index contributed by atoms with van der Waals surface area (Å²) >= 11 is 7.25. The predicted molar refractivity (Wildman–Crippen MR) is 71.6 cm³/mol. The van der Waals surface area contributed by atoms with E-state index in [2.05, 4.69) is 9.97 Å². The summed E-state index contributed by atoms with van der Waals surface area (Å²) in [6.07, 6.45) is 1.70. The molecule has 0 saturated carbocycles. The van der Waals surface area contributed by atoms with Gasteiger partial charge < -0.3 is 0 Å². The second-order valence-corrected chi connectivity index (χ2v) is 5.36. The highest BCUT2D eigenvalue weighted by atomic mass is 35.5. The zero-order chi connectivity index (χ0) is 13.3. The number of thiazole rings is 1. The molecule has 5 nitrogen and oxygen atoms in total. The summed E-state index contributed by atoms with van der Waals surface area (Å²) in [6.45, 7) is 3.81. The average molecular weight is 286 g/mol. The largest absolute Gasteiger partial charge is 0.329 e. The van der Waals surface area contributed by atoms with Gasteiger partial charge in [-0.1, -0.05) is 18.5 Å². The zero-order valence-corrected chi connectivity index (χ0v) is 11.5. The third kappa shape index (κ3) is 2.39. The van der Waals surface area contributed by atoms with Crippen LogP contribution in [0.5, 0.6) is 0 Å². The first-order valence-corrected chi connectivity index (χ1v) is 6.65. The van der Waals surface area contributed by atoms with Crippen LogP contribution in [0.4, 0.5) is 0 Å². The molecule has 1 atom stereocenters. The lowest BCUT2D eigenvalue weighted by atomic mass is 10.2. The van der Waals surface area contributed by atoms with Crippen LogP contribution >= 0.6 is 22.9 Å². The van der Waals surface area contributed by atoms with Gasteiger partial charge in [0.15, 0.2) is 0 Å². The third-order valence-electron chi connectivity index (χ3n) is 2.69. The Morgan fingerprint density at radius 1 is 1.56 bits per heavy atom. The Morgan fingerprint density at radius 3 is 2.89 bits per heavy atom. The Kier molecular flexibility index (Phi) is 3.68. The molecular weight excluding hydrogens is 274 g/mol. The normalized spacial score (nSPS) is 12.6. The van der Waals surface area contributed by atoms with Crippen molar-refractivity contribution in [3.05, 3.63) is 48.1 Å². The summed E-state index contributed by atoms with van der Waals surface area (Å²) in [5, 5.41) is 2.86. The lowest BCUT2D eigenvalue weighted by molar-refractivity contribution is 0.549. The van der Waals surface area contributed by atoms with E-state index in [0.717, 1.165) is 9.57 Å². The van der Waals surface area contributed by atoms with Gasteiger partial charge in [0.2, 0.25) is 0 Å². The van der Waals surface area contributed by atoms with E-state index >= 15 is 0 Å². The fourth-order valence-corrected chi connectivity index (χ4v) is 2.49. The van der Waals surface area contributed by atoms with Crippen LogP contribution in [0, 0.1) is 6.92 Å². The Labute approximate surface area is 112 Å². The Morgan fingerprint density at radius 2 is 2.28 bits per heavy atom. The first-order valence-electron chi connectivity index (χ1n) is 5.39. The number of nitrogens with zero attached hydrogens (tertiary/aromatic N) is 2. The van der Waals surface area contributed by atoms with E-state index in [-0.39, 0.29) is 16.6 Å². The van der Waals surface area contributed by atoms with Gasteiger partial charge >= 0.3 is 5.69 Å². The molecule has 0 bridgehead atoms. The molecule has 0 fully saturated rings. The summed E-state index contributed by atoms with van der Waals surface area (Å²) < 4.78 is 1.16. The summed E-state index contributed by atoms with van der Waals surface area (Å²) in [7, 11) is 0. The quantitative estimate of drug-likeness (QED) is 0.874. The van der Waals surface area contributed by atoms with E-state index < -0.39 is 5.69 Å². The molecule has 0 radical (unpaired) electrons. The van der Waals surface area contributed by atoms with Crippen LogP contribution in [0.1, 0.15) is 23.4 Å². The first kappa shape index (κ1) is 13.0. The number of nitrogens with one attached hydrogen (secondary N) is 1. The highest BCUT2D eigenvalue weighted by Crippen LogP contribution is 2.18. The highest BCUT2D eigenvalue weighted by molar-refractivity contribution is 7.09. The van der Waals surface area contributed by atoms with Crippen LogP contribution < -0.4 is 11.2 Å². The molecule has 2 heterocycles. The fraction of sp³-hybridized carbons (Fsp3) is 0.364. The summed E-state index contributed by atoms with van der Waals surface area (Å²) in [5.41, 5.74) is -0.492. The van der Waals surface area contributed by atoms with Crippen molar-refractivity contribution in [3.8, 4) is 0 Å². The molecule has 0 aliphatic carbocycles. The van der Waals surface area contributed by atoms with Gasteiger partial charge in [-0.15, -0.1) is 11.3 Å². The SMILES string of the molecule is Cc1c(Cl)[nH]c(=O)n(CC(C)c2nccs2)c1=O. The van der Waals surface area contributed by atoms with Crippen molar-refractivity contribution in [1.29, 1.82) is 0 Å². The number of aromatic amines is 1. The standard InChI is InChI=1S/C11H12ClN3O2S/c1-6(9-13-3-4-18-9)5-15-10(16)7(2)8(12)14-11(15)17/h3-4,6H,5H2,1-2H3,(H,14,17). The molecular formula is C11H12ClN3O2S. The van der Waals surface area contributed by atoms with E-state index in [0.29, 0.717) is 12.1 Å². The van der Waals surface area contributed by atoms with Crippen molar-refractivity contribution in [2.45, 2.75) is 26.3 Å². The van der Waals surface area contributed by atoms with Gasteiger partial charge in [0.1, 0.15) is 5.15 Å². The van der Waals surface area contributed by atoms with E-state index in [1.54, 1.807) is 13.1 Å². The molecule has 1 unspecified atom stereocenters. The van der Waals surface area contributed by atoms with E-state index in [1.807, 2.05) is 12.3 Å². The van der Waals surface area contributed by atoms with Crippen molar-refractivity contribution in [3.63, 3.8) is 0 Å². The Hall–Kier alpha value is -1.40. The number of H-pyrrole nitrogens is 1. The molecule has 0 aromatic carbocycles. The van der Waals surface area contributed by atoms with Gasteiger partial charge in [-0.3, -0.25) is 14.3 Å². The van der Waals surface area contributed by atoms with Gasteiger partial charge in [-0.05, 0) is 6.92 Å².